The van der Waals surface area contributed by atoms with Crippen molar-refractivity contribution in [2.24, 2.45) is 11.7 Å². The van der Waals surface area contributed by atoms with Gasteiger partial charge in [0, 0.05) is 6.54 Å². The van der Waals surface area contributed by atoms with Crippen LogP contribution < -0.4 is 5.73 Å². The van der Waals surface area contributed by atoms with Crippen LogP contribution in [0.25, 0.3) is 0 Å². The first-order chi connectivity index (χ1) is 11.2. The number of hydrogen-bond donors (Lipinski definition) is 1. The molecular weight excluding hydrogens is 292 g/mol. The van der Waals surface area contributed by atoms with Gasteiger partial charge in [0.15, 0.2) is 5.76 Å². The molecule has 5 nitrogen and oxygen atoms in total. The average molecular weight is 316 g/mol. The molecule has 1 amide bonds. The fourth-order valence-electron chi connectivity index (χ4n) is 3.43. The average Bonchev–Trinajstić information content (AvgIpc) is 2.61. The fourth-order valence-corrected chi connectivity index (χ4v) is 3.43. The zero-order valence-corrected chi connectivity index (χ0v) is 13.3. The quantitative estimate of drug-likeness (QED) is 0.846. The summed E-state index contributed by atoms with van der Waals surface area (Å²) in [5.41, 5.74) is 6.93. The molecule has 2 N–H and O–H groups in total. The summed E-state index contributed by atoms with van der Waals surface area (Å²) in [6.07, 6.45) is 16.1. The van der Waals surface area contributed by atoms with Crippen LogP contribution in [-0.2, 0) is 14.3 Å². The molecule has 2 atom stereocenters. The Morgan fingerprint density at radius 3 is 3.04 bits per heavy atom. The predicted octanol–water partition coefficient (Wildman–Crippen LogP) is 2.58. The van der Waals surface area contributed by atoms with E-state index < -0.39 is 0 Å². The van der Waals surface area contributed by atoms with E-state index >= 15 is 0 Å². The van der Waals surface area contributed by atoms with Crippen LogP contribution in [-0.4, -0.2) is 29.9 Å². The zero-order chi connectivity index (χ0) is 16.1. The van der Waals surface area contributed by atoms with Crippen LogP contribution in [0.15, 0.2) is 48.3 Å². The van der Waals surface area contributed by atoms with Gasteiger partial charge in [-0.2, -0.15) is 0 Å². The summed E-state index contributed by atoms with van der Waals surface area (Å²) in [4.78, 5) is 13.9. The van der Waals surface area contributed by atoms with E-state index in [1.165, 1.54) is 11.8 Å². The number of carbonyl (C=O) groups is 1. The van der Waals surface area contributed by atoms with Crippen molar-refractivity contribution in [3.8, 4) is 0 Å². The molecule has 0 aromatic carbocycles. The van der Waals surface area contributed by atoms with E-state index in [0.29, 0.717) is 6.54 Å². The summed E-state index contributed by atoms with van der Waals surface area (Å²) in [5.74, 6) is 0.517. The molecule has 23 heavy (non-hydrogen) atoms. The SMILES string of the molecule is NC(=O)C1CCCN(C(CC2=CC=CCC2)C2=COC=CO2)C1. The molecule has 0 saturated carbocycles. The highest BCUT2D eigenvalue weighted by Gasteiger charge is 2.32. The molecule has 0 aromatic rings. The van der Waals surface area contributed by atoms with Crippen LogP contribution in [0.4, 0.5) is 0 Å². The van der Waals surface area contributed by atoms with Crippen LogP contribution in [0.2, 0.25) is 0 Å². The second-order valence-corrected chi connectivity index (χ2v) is 6.29. The van der Waals surface area contributed by atoms with Crippen molar-refractivity contribution in [2.75, 3.05) is 13.1 Å². The van der Waals surface area contributed by atoms with Crippen LogP contribution in [0, 0.1) is 5.92 Å². The van der Waals surface area contributed by atoms with E-state index in [1.807, 2.05) is 0 Å². The molecule has 0 spiro atoms. The number of ether oxygens (including phenoxy) is 2. The number of hydrogen-bond acceptors (Lipinski definition) is 4. The number of carbonyl (C=O) groups excluding carboxylic acids is 1. The Hall–Kier alpha value is -2.01. The number of allylic oxidation sites excluding steroid dienone is 3. The minimum atomic E-state index is -0.206. The molecule has 0 radical (unpaired) electrons. The highest BCUT2D eigenvalue weighted by atomic mass is 16.5. The monoisotopic (exact) mass is 316 g/mol. The lowest BCUT2D eigenvalue weighted by atomic mass is 9.92. The Morgan fingerprint density at radius 1 is 1.43 bits per heavy atom. The minimum absolute atomic E-state index is 0.0767. The normalized spacial score (nSPS) is 25.8. The van der Waals surface area contributed by atoms with Crippen LogP contribution >= 0.6 is 0 Å². The molecule has 3 aliphatic rings. The third kappa shape index (κ3) is 4.05. The Morgan fingerprint density at radius 2 is 2.35 bits per heavy atom. The van der Waals surface area contributed by atoms with E-state index in [4.69, 9.17) is 15.2 Å². The Balaban J connectivity index is 1.76. The van der Waals surface area contributed by atoms with E-state index in [-0.39, 0.29) is 17.9 Å². The Bertz CT molecular complexity index is 563. The highest BCUT2D eigenvalue weighted by molar-refractivity contribution is 5.76. The zero-order valence-electron chi connectivity index (χ0n) is 13.3. The molecule has 2 heterocycles. The third-order valence-corrected chi connectivity index (χ3v) is 4.70. The summed E-state index contributed by atoms with van der Waals surface area (Å²) >= 11 is 0. The molecular formula is C18H24N2O3. The molecule has 1 saturated heterocycles. The predicted molar refractivity (Wildman–Crippen MR) is 87.7 cm³/mol. The van der Waals surface area contributed by atoms with Crippen molar-refractivity contribution >= 4 is 5.91 Å². The first-order valence-electron chi connectivity index (χ1n) is 8.29. The number of primary amides is 1. The molecule has 1 fully saturated rings. The maximum Gasteiger partial charge on any atom is 0.221 e. The molecule has 3 rings (SSSR count). The number of nitrogens with zero attached hydrogens (tertiary/aromatic N) is 1. The van der Waals surface area contributed by atoms with Crippen molar-refractivity contribution in [1.82, 2.24) is 4.90 Å². The van der Waals surface area contributed by atoms with Crippen molar-refractivity contribution in [3.63, 3.8) is 0 Å². The molecule has 1 aliphatic carbocycles. The minimum Gasteiger partial charge on any atom is -0.466 e. The number of rotatable bonds is 5. The number of nitrogens with two attached hydrogens (primary N) is 1. The van der Waals surface area contributed by atoms with Crippen LogP contribution in [0.1, 0.15) is 32.1 Å². The highest BCUT2D eigenvalue weighted by Crippen LogP contribution is 2.29. The topological polar surface area (TPSA) is 64.8 Å². The largest absolute Gasteiger partial charge is 0.466 e. The van der Waals surface area contributed by atoms with Crippen molar-refractivity contribution in [3.05, 3.63) is 48.3 Å². The van der Waals surface area contributed by atoms with Gasteiger partial charge in [-0.3, -0.25) is 9.69 Å². The summed E-state index contributed by atoms with van der Waals surface area (Å²) < 4.78 is 11.0. The maximum absolute atomic E-state index is 11.6. The smallest absolute Gasteiger partial charge is 0.221 e. The Kier molecular flexibility index (Phi) is 5.18. The summed E-state index contributed by atoms with van der Waals surface area (Å²) in [7, 11) is 0. The molecule has 2 unspecified atom stereocenters. The molecule has 0 bridgehead atoms. The van der Waals surface area contributed by atoms with Crippen molar-refractivity contribution in [1.29, 1.82) is 0 Å². The van der Waals surface area contributed by atoms with Gasteiger partial charge >= 0.3 is 0 Å². The van der Waals surface area contributed by atoms with E-state index in [0.717, 1.165) is 44.4 Å². The van der Waals surface area contributed by atoms with E-state index in [1.54, 1.807) is 12.5 Å². The number of amides is 1. The second kappa shape index (κ2) is 7.51. The lowest BCUT2D eigenvalue weighted by Crippen LogP contribution is -2.47. The van der Waals surface area contributed by atoms with Gasteiger partial charge in [-0.05, 0) is 38.6 Å². The first kappa shape index (κ1) is 15.9. The summed E-state index contributed by atoms with van der Waals surface area (Å²) in [6, 6.07) is 0.0832. The maximum atomic E-state index is 11.6. The second-order valence-electron chi connectivity index (χ2n) is 6.29. The van der Waals surface area contributed by atoms with Crippen molar-refractivity contribution in [2.45, 2.75) is 38.1 Å². The van der Waals surface area contributed by atoms with E-state index in [2.05, 4.69) is 23.1 Å². The summed E-state index contributed by atoms with van der Waals surface area (Å²) in [5, 5.41) is 0. The fraction of sp³-hybridized carbons (Fsp3) is 0.500. The number of piperidine rings is 1. The molecule has 5 heteroatoms. The lowest BCUT2D eigenvalue weighted by molar-refractivity contribution is -0.123. The summed E-state index contributed by atoms with van der Waals surface area (Å²) in [6.45, 7) is 1.63. The van der Waals surface area contributed by atoms with Crippen molar-refractivity contribution < 1.29 is 14.3 Å². The van der Waals surface area contributed by atoms with Gasteiger partial charge in [0.2, 0.25) is 5.91 Å². The van der Waals surface area contributed by atoms with Gasteiger partial charge < -0.3 is 15.2 Å². The standard InChI is InChI=1S/C18H24N2O3/c19-18(21)15-7-4-8-20(12-15)16(17-13-22-9-10-23-17)11-14-5-2-1-3-6-14/h1-2,5,9-10,13,15-16H,3-4,6-8,11-12H2,(H2,19,21). The lowest BCUT2D eigenvalue weighted by Gasteiger charge is -2.38. The van der Waals surface area contributed by atoms with Gasteiger partial charge in [0.1, 0.15) is 18.8 Å². The van der Waals surface area contributed by atoms with Crippen LogP contribution in [0.3, 0.4) is 0 Å². The molecule has 124 valence electrons. The number of likely N-dealkylation sites (tertiary alicyclic amines) is 1. The molecule has 2 aliphatic heterocycles. The third-order valence-electron chi connectivity index (χ3n) is 4.70. The van der Waals surface area contributed by atoms with Gasteiger partial charge in [0.05, 0.1) is 12.0 Å². The van der Waals surface area contributed by atoms with Crippen LogP contribution in [0.5, 0.6) is 0 Å². The Labute approximate surface area is 137 Å². The van der Waals surface area contributed by atoms with Gasteiger partial charge in [-0.1, -0.05) is 23.8 Å². The van der Waals surface area contributed by atoms with E-state index in [9.17, 15) is 4.79 Å². The van der Waals surface area contributed by atoms with Gasteiger partial charge in [0.25, 0.3) is 0 Å². The van der Waals surface area contributed by atoms with Gasteiger partial charge in [-0.15, -0.1) is 0 Å². The molecule has 0 aromatic heterocycles. The van der Waals surface area contributed by atoms with Gasteiger partial charge in [-0.25, -0.2) is 0 Å². The first-order valence-corrected chi connectivity index (χ1v) is 8.29.